The van der Waals surface area contributed by atoms with Crippen molar-refractivity contribution in [3.63, 3.8) is 0 Å². The van der Waals surface area contributed by atoms with Crippen LogP contribution in [-0.4, -0.2) is 43.4 Å². The van der Waals surface area contributed by atoms with Crippen LogP contribution in [0.25, 0.3) is 0 Å². The van der Waals surface area contributed by atoms with Gasteiger partial charge in [-0.1, -0.05) is 25.7 Å². The second-order valence-electron chi connectivity index (χ2n) is 5.31. The Bertz CT molecular complexity index is 312. The molecule has 1 aliphatic rings. The van der Waals surface area contributed by atoms with Crippen LogP contribution in [0.4, 0.5) is 4.79 Å². The first-order valence-electron chi connectivity index (χ1n) is 7.43. The molecular weight excluding hydrogens is 260 g/mol. The molecule has 6 heteroatoms. The van der Waals surface area contributed by atoms with E-state index in [4.69, 9.17) is 4.74 Å². The highest BCUT2D eigenvalue weighted by Gasteiger charge is 2.38. The number of carboxylic acids is 1. The van der Waals surface area contributed by atoms with E-state index in [0.717, 1.165) is 25.7 Å². The second-order valence-corrected chi connectivity index (χ2v) is 5.31. The highest BCUT2D eigenvalue weighted by molar-refractivity contribution is 5.78. The van der Waals surface area contributed by atoms with E-state index in [-0.39, 0.29) is 12.6 Å². The fourth-order valence-corrected chi connectivity index (χ4v) is 2.56. The van der Waals surface area contributed by atoms with Crippen molar-refractivity contribution in [1.29, 1.82) is 0 Å². The third kappa shape index (κ3) is 5.36. The molecule has 0 atom stereocenters. The van der Waals surface area contributed by atoms with Gasteiger partial charge in [0.05, 0.1) is 12.0 Å². The number of ether oxygens (including phenoxy) is 1. The largest absolute Gasteiger partial charge is 0.481 e. The normalized spacial score (nSPS) is 18.1. The van der Waals surface area contributed by atoms with Gasteiger partial charge >= 0.3 is 12.0 Å². The average molecular weight is 286 g/mol. The lowest BCUT2D eigenvalue weighted by molar-refractivity contribution is -0.149. The van der Waals surface area contributed by atoms with Crippen LogP contribution in [0.5, 0.6) is 0 Å². The maximum absolute atomic E-state index is 11.6. The van der Waals surface area contributed by atoms with Crippen LogP contribution in [0.3, 0.4) is 0 Å². The summed E-state index contributed by atoms with van der Waals surface area (Å²) in [5.41, 5.74) is -0.798. The summed E-state index contributed by atoms with van der Waals surface area (Å²) < 4.78 is 5.12. The van der Waals surface area contributed by atoms with Crippen molar-refractivity contribution < 1.29 is 19.4 Å². The summed E-state index contributed by atoms with van der Waals surface area (Å²) in [5, 5.41) is 14.8. The topological polar surface area (TPSA) is 87.7 Å². The van der Waals surface area contributed by atoms with Crippen LogP contribution in [0, 0.1) is 5.41 Å². The molecule has 0 bridgehead atoms. The van der Waals surface area contributed by atoms with Crippen LogP contribution in [-0.2, 0) is 9.53 Å². The molecule has 20 heavy (non-hydrogen) atoms. The van der Waals surface area contributed by atoms with Gasteiger partial charge in [-0.05, 0) is 19.8 Å². The number of amides is 2. The van der Waals surface area contributed by atoms with Gasteiger partial charge in [0.1, 0.15) is 0 Å². The van der Waals surface area contributed by atoms with Crippen LogP contribution in [0.15, 0.2) is 0 Å². The van der Waals surface area contributed by atoms with Gasteiger partial charge < -0.3 is 20.5 Å². The number of aliphatic carboxylic acids is 1. The maximum atomic E-state index is 11.6. The molecule has 0 aromatic heterocycles. The molecule has 2 amide bonds. The smallest absolute Gasteiger partial charge is 0.314 e. The summed E-state index contributed by atoms with van der Waals surface area (Å²) >= 11 is 0. The molecule has 0 unspecified atom stereocenters. The minimum absolute atomic E-state index is 0.197. The number of nitrogens with one attached hydrogen (secondary N) is 2. The van der Waals surface area contributed by atoms with Crippen molar-refractivity contribution in [1.82, 2.24) is 10.6 Å². The Labute approximate surface area is 120 Å². The lowest BCUT2D eigenvalue weighted by Gasteiger charge is -2.28. The summed E-state index contributed by atoms with van der Waals surface area (Å²) in [6.45, 7) is 3.60. The maximum Gasteiger partial charge on any atom is 0.314 e. The number of rotatable bonds is 7. The van der Waals surface area contributed by atoms with E-state index in [2.05, 4.69) is 10.6 Å². The van der Waals surface area contributed by atoms with Crippen LogP contribution in [0.2, 0.25) is 0 Å². The molecule has 0 aromatic rings. The van der Waals surface area contributed by atoms with Crippen LogP contribution in [0.1, 0.15) is 45.4 Å². The number of carboxylic acid groups (broad SMARTS) is 1. The molecular formula is C14H26N2O4. The summed E-state index contributed by atoms with van der Waals surface area (Å²) in [7, 11) is 0. The second kappa shape index (κ2) is 8.79. The molecule has 0 aromatic carbocycles. The summed E-state index contributed by atoms with van der Waals surface area (Å²) in [5.74, 6) is -0.797. The molecule has 0 heterocycles. The lowest BCUT2D eigenvalue weighted by Crippen LogP contribution is -2.46. The first kappa shape index (κ1) is 16.8. The Morgan fingerprint density at radius 2 is 1.80 bits per heavy atom. The fourth-order valence-electron chi connectivity index (χ4n) is 2.56. The third-order valence-corrected chi connectivity index (χ3v) is 3.84. The Balaban J connectivity index is 2.38. The highest BCUT2D eigenvalue weighted by atomic mass is 16.5. The molecule has 1 fully saturated rings. The van der Waals surface area contributed by atoms with Crippen molar-refractivity contribution in [2.24, 2.45) is 5.41 Å². The minimum Gasteiger partial charge on any atom is -0.481 e. The van der Waals surface area contributed by atoms with E-state index in [1.54, 1.807) is 0 Å². The van der Waals surface area contributed by atoms with Crippen molar-refractivity contribution >= 4 is 12.0 Å². The molecule has 3 N–H and O–H groups in total. The number of carbonyl (C=O) groups is 2. The predicted molar refractivity (Wildman–Crippen MR) is 75.7 cm³/mol. The van der Waals surface area contributed by atoms with Gasteiger partial charge in [0.25, 0.3) is 0 Å². The van der Waals surface area contributed by atoms with E-state index in [1.807, 2.05) is 6.92 Å². The first-order chi connectivity index (χ1) is 9.60. The molecule has 1 rings (SSSR count). The molecule has 6 nitrogen and oxygen atoms in total. The van der Waals surface area contributed by atoms with Gasteiger partial charge in [-0.25, -0.2) is 4.79 Å². The summed E-state index contributed by atoms with van der Waals surface area (Å²) in [4.78, 5) is 23.2. The quantitative estimate of drug-likeness (QED) is 0.491. The molecule has 0 saturated heterocycles. The SMILES string of the molecule is CCOCCNC(=O)NCC1(C(=O)O)CCCCCC1. The van der Waals surface area contributed by atoms with Crippen molar-refractivity contribution in [3.8, 4) is 0 Å². The van der Waals surface area contributed by atoms with Gasteiger partial charge in [-0.2, -0.15) is 0 Å². The number of urea groups is 1. The third-order valence-electron chi connectivity index (χ3n) is 3.84. The predicted octanol–water partition coefficient (Wildman–Crippen LogP) is 1.75. The molecule has 116 valence electrons. The zero-order chi connectivity index (χ0) is 14.8. The average Bonchev–Trinajstić information content (AvgIpc) is 2.68. The fraction of sp³-hybridized carbons (Fsp3) is 0.857. The molecule has 0 radical (unpaired) electrons. The van der Waals surface area contributed by atoms with E-state index >= 15 is 0 Å². The van der Waals surface area contributed by atoms with Crippen molar-refractivity contribution in [2.45, 2.75) is 45.4 Å². The zero-order valence-electron chi connectivity index (χ0n) is 12.2. The first-order valence-corrected chi connectivity index (χ1v) is 7.43. The van der Waals surface area contributed by atoms with E-state index in [0.29, 0.717) is 32.6 Å². The van der Waals surface area contributed by atoms with Crippen molar-refractivity contribution in [3.05, 3.63) is 0 Å². The van der Waals surface area contributed by atoms with Gasteiger partial charge in [0.15, 0.2) is 0 Å². The van der Waals surface area contributed by atoms with Crippen molar-refractivity contribution in [2.75, 3.05) is 26.3 Å². The monoisotopic (exact) mass is 286 g/mol. The summed E-state index contributed by atoms with van der Waals surface area (Å²) in [6.07, 6.45) is 5.27. The van der Waals surface area contributed by atoms with E-state index < -0.39 is 11.4 Å². The molecule has 1 saturated carbocycles. The molecule has 0 spiro atoms. The molecule has 0 aliphatic heterocycles. The Kier molecular flexibility index (Phi) is 7.36. The molecule has 1 aliphatic carbocycles. The Hall–Kier alpha value is -1.30. The number of hydrogen-bond acceptors (Lipinski definition) is 3. The summed E-state index contributed by atoms with van der Waals surface area (Å²) in [6, 6.07) is -0.324. The Morgan fingerprint density at radius 3 is 2.35 bits per heavy atom. The van der Waals surface area contributed by atoms with E-state index in [9.17, 15) is 14.7 Å². The standard InChI is InChI=1S/C14H26N2O4/c1-2-20-10-9-15-13(19)16-11-14(12(17)18)7-5-3-4-6-8-14/h2-11H2,1H3,(H,17,18)(H2,15,16,19). The highest BCUT2D eigenvalue weighted by Crippen LogP contribution is 2.34. The van der Waals surface area contributed by atoms with Crippen LogP contribution >= 0.6 is 0 Å². The number of hydrogen-bond donors (Lipinski definition) is 3. The number of carbonyl (C=O) groups excluding carboxylic acids is 1. The van der Waals surface area contributed by atoms with Gasteiger partial charge in [0, 0.05) is 19.7 Å². The van der Waals surface area contributed by atoms with E-state index in [1.165, 1.54) is 0 Å². The lowest BCUT2D eigenvalue weighted by atomic mass is 9.80. The van der Waals surface area contributed by atoms with Gasteiger partial charge in [-0.15, -0.1) is 0 Å². The Morgan fingerprint density at radius 1 is 1.15 bits per heavy atom. The minimum atomic E-state index is -0.798. The van der Waals surface area contributed by atoms with Gasteiger partial charge in [0.2, 0.25) is 0 Å². The van der Waals surface area contributed by atoms with Crippen LogP contribution < -0.4 is 10.6 Å². The zero-order valence-corrected chi connectivity index (χ0v) is 12.2. The van der Waals surface area contributed by atoms with Gasteiger partial charge in [-0.3, -0.25) is 4.79 Å².